The van der Waals surface area contributed by atoms with E-state index in [9.17, 15) is 10.0 Å². The van der Waals surface area contributed by atoms with Gasteiger partial charge in [-0.3, -0.25) is 4.90 Å². The molecule has 0 bridgehead atoms. The van der Waals surface area contributed by atoms with Crippen LogP contribution in [0.1, 0.15) is 30.9 Å². The third kappa shape index (κ3) is 2.89. The molecule has 0 amide bonds. The van der Waals surface area contributed by atoms with Crippen LogP contribution in [0.5, 0.6) is 0 Å². The minimum Gasteiger partial charge on any atom is -0.423 e. The van der Waals surface area contributed by atoms with Crippen molar-refractivity contribution in [3.8, 4) is 0 Å². The zero-order chi connectivity index (χ0) is 12.4. The number of hydrogen-bond acceptors (Lipinski definition) is 3. The molecule has 1 atom stereocenters. The van der Waals surface area contributed by atoms with E-state index in [1.165, 1.54) is 12.8 Å². The molecule has 4 heteroatoms. The summed E-state index contributed by atoms with van der Waals surface area (Å²) in [6.45, 7) is 6.20. The van der Waals surface area contributed by atoms with E-state index in [1.54, 1.807) is 0 Å². The second kappa shape index (κ2) is 5.21. The Labute approximate surface area is 103 Å². The summed E-state index contributed by atoms with van der Waals surface area (Å²) in [5, 5.41) is 18.6. The number of nitrogens with zero attached hydrogens (tertiary/aromatic N) is 1. The predicted octanol–water partition coefficient (Wildman–Crippen LogP) is 0.659. The first kappa shape index (κ1) is 12.6. The number of rotatable bonds is 3. The maximum absolute atomic E-state index is 9.28. The molecule has 0 radical (unpaired) electrons. The first-order valence-electron chi connectivity index (χ1n) is 6.27. The van der Waals surface area contributed by atoms with Crippen molar-refractivity contribution in [3.05, 3.63) is 29.3 Å². The summed E-state index contributed by atoms with van der Waals surface area (Å²) in [5.41, 5.74) is 2.71. The van der Waals surface area contributed by atoms with Gasteiger partial charge in [0.2, 0.25) is 0 Å². The van der Waals surface area contributed by atoms with Crippen LogP contribution in [0.3, 0.4) is 0 Å². The van der Waals surface area contributed by atoms with Crippen molar-refractivity contribution in [2.45, 2.75) is 39.3 Å². The van der Waals surface area contributed by atoms with E-state index in [0.29, 0.717) is 11.5 Å². The van der Waals surface area contributed by atoms with Crippen molar-refractivity contribution in [1.29, 1.82) is 0 Å². The van der Waals surface area contributed by atoms with E-state index in [0.717, 1.165) is 24.2 Å². The third-order valence-corrected chi connectivity index (χ3v) is 3.70. The van der Waals surface area contributed by atoms with Crippen molar-refractivity contribution in [2.24, 2.45) is 0 Å². The van der Waals surface area contributed by atoms with Gasteiger partial charge in [-0.05, 0) is 44.3 Å². The molecule has 0 spiro atoms. The minimum absolute atomic E-state index is 0.620. The second-order valence-electron chi connectivity index (χ2n) is 5.03. The molecule has 92 valence electrons. The van der Waals surface area contributed by atoms with Crippen LogP contribution in [0, 0.1) is 6.92 Å². The summed E-state index contributed by atoms with van der Waals surface area (Å²) in [6.07, 6.45) is 2.53. The lowest BCUT2D eigenvalue weighted by Gasteiger charge is -2.21. The van der Waals surface area contributed by atoms with Crippen LogP contribution in [-0.4, -0.2) is 34.7 Å². The number of likely N-dealkylation sites (tertiary alicyclic amines) is 1. The molecule has 1 heterocycles. The highest BCUT2D eigenvalue weighted by Gasteiger charge is 2.21. The first-order chi connectivity index (χ1) is 8.08. The Morgan fingerprint density at radius 1 is 1.41 bits per heavy atom. The molecule has 1 unspecified atom stereocenters. The van der Waals surface area contributed by atoms with E-state index in [1.807, 2.05) is 19.1 Å². The van der Waals surface area contributed by atoms with E-state index < -0.39 is 7.12 Å². The van der Waals surface area contributed by atoms with E-state index >= 15 is 0 Å². The molecule has 1 aliphatic rings. The Hall–Kier alpha value is -0.835. The Morgan fingerprint density at radius 3 is 2.76 bits per heavy atom. The molecule has 3 nitrogen and oxygen atoms in total. The highest BCUT2D eigenvalue weighted by molar-refractivity contribution is 6.59. The predicted molar refractivity (Wildman–Crippen MR) is 70.1 cm³/mol. The van der Waals surface area contributed by atoms with Crippen molar-refractivity contribution in [1.82, 2.24) is 4.90 Å². The zero-order valence-corrected chi connectivity index (χ0v) is 10.6. The molecule has 2 rings (SSSR count). The minimum atomic E-state index is -1.37. The smallest absolute Gasteiger partial charge is 0.423 e. The first-order valence-corrected chi connectivity index (χ1v) is 6.27. The average Bonchev–Trinajstić information content (AvgIpc) is 2.67. The van der Waals surface area contributed by atoms with Crippen molar-refractivity contribution >= 4 is 12.6 Å². The van der Waals surface area contributed by atoms with E-state index in [-0.39, 0.29) is 0 Å². The van der Waals surface area contributed by atoms with Crippen LogP contribution in [0.15, 0.2) is 18.2 Å². The molecule has 0 saturated carbocycles. The topological polar surface area (TPSA) is 43.7 Å². The van der Waals surface area contributed by atoms with Crippen LogP contribution < -0.4 is 5.46 Å². The molecule has 1 aliphatic heterocycles. The Bertz CT molecular complexity index is 395. The van der Waals surface area contributed by atoms with Gasteiger partial charge in [-0.2, -0.15) is 0 Å². The molecule has 1 fully saturated rings. The van der Waals surface area contributed by atoms with Gasteiger partial charge in [-0.1, -0.05) is 23.8 Å². The second-order valence-corrected chi connectivity index (χ2v) is 5.03. The molecular weight excluding hydrogens is 213 g/mol. The van der Waals surface area contributed by atoms with Gasteiger partial charge >= 0.3 is 7.12 Å². The Kier molecular flexibility index (Phi) is 3.87. The lowest BCUT2D eigenvalue weighted by Crippen LogP contribution is -2.33. The standard InChI is InChI=1S/C13H20BNO2/c1-10-5-6-12(8-13(10)14(16)17)9-15-7-3-4-11(15)2/h5-6,8,11,16-17H,3-4,7,9H2,1-2H3. The van der Waals surface area contributed by atoms with E-state index in [4.69, 9.17) is 0 Å². The number of hydrogen-bond donors (Lipinski definition) is 2. The number of aryl methyl sites for hydroxylation is 1. The normalized spacial score (nSPS) is 20.8. The van der Waals surface area contributed by atoms with Crippen LogP contribution >= 0.6 is 0 Å². The van der Waals surface area contributed by atoms with Crippen molar-refractivity contribution in [2.75, 3.05) is 6.54 Å². The molecule has 2 N–H and O–H groups in total. The maximum atomic E-state index is 9.28. The van der Waals surface area contributed by atoms with Gasteiger partial charge < -0.3 is 10.0 Å². The highest BCUT2D eigenvalue weighted by atomic mass is 16.4. The van der Waals surface area contributed by atoms with Crippen molar-refractivity contribution in [3.63, 3.8) is 0 Å². The molecule has 17 heavy (non-hydrogen) atoms. The average molecular weight is 233 g/mol. The monoisotopic (exact) mass is 233 g/mol. The van der Waals surface area contributed by atoms with Gasteiger partial charge in [0.25, 0.3) is 0 Å². The molecular formula is C13H20BNO2. The summed E-state index contributed by atoms with van der Waals surface area (Å²) < 4.78 is 0. The molecule has 0 aromatic heterocycles. The molecule has 1 aromatic rings. The molecule has 1 aromatic carbocycles. The summed E-state index contributed by atoms with van der Waals surface area (Å²) in [5.74, 6) is 0. The maximum Gasteiger partial charge on any atom is 0.488 e. The zero-order valence-electron chi connectivity index (χ0n) is 10.6. The number of benzene rings is 1. The summed E-state index contributed by atoms with van der Waals surface area (Å²) >= 11 is 0. The molecule has 1 saturated heterocycles. The fourth-order valence-electron chi connectivity index (χ4n) is 2.53. The van der Waals surface area contributed by atoms with Gasteiger partial charge in [-0.15, -0.1) is 0 Å². The van der Waals surface area contributed by atoms with Gasteiger partial charge in [0.15, 0.2) is 0 Å². The van der Waals surface area contributed by atoms with Crippen molar-refractivity contribution < 1.29 is 10.0 Å². The van der Waals surface area contributed by atoms with Crippen LogP contribution in [0.25, 0.3) is 0 Å². The lowest BCUT2D eigenvalue weighted by atomic mass is 9.76. The van der Waals surface area contributed by atoms with Gasteiger partial charge in [0.1, 0.15) is 0 Å². The fraction of sp³-hybridized carbons (Fsp3) is 0.538. The van der Waals surface area contributed by atoms with Gasteiger partial charge in [0, 0.05) is 12.6 Å². The van der Waals surface area contributed by atoms with Crippen LogP contribution in [0.2, 0.25) is 0 Å². The van der Waals surface area contributed by atoms with Gasteiger partial charge in [0.05, 0.1) is 0 Å². The molecule has 0 aliphatic carbocycles. The van der Waals surface area contributed by atoms with Crippen LogP contribution in [0.4, 0.5) is 0 Å². The quantitative estimate of drug-likeness (QED) is 0.754. The largest absolute Gasteiger partial charge is 0.488 e. The SMILES string of the molecule is Cc1ccc(CN2CCCC2C)cc1B(O)O. The van der Waals surface area contributed by atoms with Crippen LogP contribution in [-0.2, 0) is 6.54 Å². The summed E-state index contributed by atoms with van der Waals surface area (Å²) in [4.78, 5) is 2.44. The van der Waals surface area contributed by atoms with Gasteiger partial charge in [-0.25, -0.2) is 0 Å². The summed E-state index contributed by atoms with van der Waals surface area (Å²) in [6, 6.07) is 6.58. The lowest BCUT2D eigenvalue weighted by molar-refractivity contribution is 0.260. The summed E-state index contributed by atoms with van der Waals surface area (Å²) in [7, 11) is -1.37. The Morgan fingerprint density at radius 2 is 2.18 bits per heavy atom. The fourth-order valence-corrected chi connectivity index (χ4v) is 2.53. The van der Waals surface area contributed by atoms with E-state index in [2.05, 4.69) is 17.9 Å². The Balaban J connectivity index is 2.13. The third-order valence-electron chi connectivity index (χ3n) is 3.70. The highest BCUT2D eigenvalue weighted by Crippen LogP contribution is 2.19.